The Bertz CT molecular complexity index is 1230. The highest BCUT2D eigenvalue weighted by molar-refractivity contribution is 6.39. The van der Waals surface area contributed by atoms with Gasteiger partial charge in [0, 0.05) is 11.4 Å². The molecule has 0 spiro atoms. The maximum atomic E-state index is 13.6. The average molecular weight is 532 g/mol. The van der Waals surface area contributed by atoms with Gasteiger partial charge in [-0.15, -0.1) is 0 Å². The predicted molar refractivity (Wildman–Crippen MR) is 120 cm³/mol. The van der Waals surface area contributed by atoms with Gasteiger partial charge in [0.25, 0.3) is 5.91 Å². The van der Waals surface area contributed by atoms with Crippen molar-refractivity contribution < 1.29 is 36.6 Å². The van der Waals surface area contributed by atoms with Gasteiger partial charge in [-0.2, -0.15) is 22.5 Å². The lowest BCUT2D eigenvalue weighted by molar-refractivity contribution is -0.149. The SMILES string of the molecule is Nc1c(Cl)c(F)nc(OCC(=O)OCC(=O)N(c2ccccc2)c2ccc(C(F)(F)F)cc2)c1Cl. The van der Waals surface area contributed by atoms with Gasteiger partial charge >= 0.3 is 12.1 Å². The van der Waals surface area contributed by atoms with E-state index in [0.717, 1.165) is 29.2 Å². The maximum Gasteiger partial charge on any atom is 0.416 e. The minimum atomic E-state index is -4.55. The summed E-state index contributed by atoms with van der Waals surface area (Å²) >= 11 is 11.4. The number of ether oxygens (including phenoxy) is 2. The van der Waals surface area contributed by atoms with Gasteiger partial charge in [-0.25, -0.2) is 4.79 Å². The number of alkyl halides is 3. The summed E-state index contributed by atoms with van der Waals surface area (Å²) in [6.45, 7) is -1.58. The van der Waals surface area contributed by atoms with Crippen LogP contribution in [0.5, 0.6) is 5.88 Å². The first-order valence-electron chi connectivity index (χ1n) is 9.62. The van der Waals surface area contributed by atoms with E-state index in [0.29, 0.717) is 5.69 Å². The summed E-state index contributed by atoms with van der Waals surface area (Å²) in [4.78, 5) is 29.3. The van der Waals surface area contributed by atoms with Crippen LogP contribution in [0, 0.1) is 5.95 Å². The molecule has 0 unspecified atom stereocenters. The third kappa shape index (κ3) is 6.31. The number of anilines is 3. The summed E-state index contributed by atoms with van der Waals surface area (Å²) in [5.41, 5.74) is 4.72. The molecule has 0 radical (unpaired) electrons. The number of carbonyl (C=O) groups is 2. The summed E-state index contributed by atoms with van der Waals surface area (Å²) in [6.07, 6.45) is -4.55. The largest absolute Gasteiger partial charge is 0.464 e. The quantitative estimate of drug-likeness (QED) is 0.248. The fraction of sp³-hybridized carbons (Fsp3) is 0.136. The summed E-state index contributed by atoms with van der Waals surface area (Å²) in [7, 11) is 0. The van der Waals surface area contributed by atoms with Crippen molar-refractivity contribution in [3.8, 4) is 5.88 Å². The van der Waals surface area contributed by atoms with E-state index in [1.807, 2.05) is 0 Å². The molecular weight excluding hydrogens is 517 g/mol. The van der Waals surface area contributed by atoms with Crippen molar-refractivity contribution in [2.24, 2.45) is 0 Å². The molecule has 0 fully saturated rings. The number of rotatable bonds is 7. The van der Waals surface area contributed by atoms with Crippen LogP contribution < -0.4 is 15.4 Å². The van der Waals surface area contributed by atoms with E-state index >= 15 is 0 Å². The molecule has 0 atom stereocenters. The number of para-hydroxylation sites is 1. The van der Waals surface area contributed by atoms with Crippen molar-refractivity contribution in [2.45, 2.75) is 6.18 Å². The Labute approximate surface area is 206 Å². The molecule has 1 amide bonds. The number of carbonyl (C=O) groups excluding carboxylic acids is 2. The number of aromatic nitrogens is 1. The topological polar surface area (TPSA) is 94.8 Å². The standard InChI is InChI=1S/C22H15Cl2F4N3O4/c23-17-19(29)18(24)21(30-20(17)25)35-11-16(33)34-10-15(32)31(13-4-2-1-3-5-13)14-8-6-12(7-9-14)22(26,27)28/h1-9H,10-11H2,(H2,29,30). The van der Waals surface area contributed by atoms with Gasteiger partial charge in [-0.3, -0.25) is 9.69 Å². The first-order valence-corrected chi connectivity index (χ1v) is 10.4. The molecule has 1 aromatic heterocycles. The predicted octanol–water partition coefficient (Wildman–Crippen LogP) is 5.42. The Balaban J connectivity index is 1.70. The summed E-state index contributed by atoms with van der Waals surface area (Å²) in [5.74, 6) is -3.47. The number of benzene rings is 2. The molecule has 3 aromatic rings. The molecule has 0 bridgehead atoms. The third-order valence-electron chi connectivity index (χ3n) is 4.44. The van der Waals surface area contributed by atoms with E-state index in [-0.39, 0.29) is 16.4 Å². The molecule has 3 rings (SSSR count). The number of esters is 1. The zero-order valence-electron chi connectivity index (χ0n) is 17.5. The molecule has 2 N–H and O–H groups in total. The van der Waals surface area contributed by atoms with Crippen LogP contribution in [-0.4, -0.2) is 30.1 Å². The van der Waals surface area contributed by atoms with Gasteiger partial charge in [0.1, 0.15) is 10.0 Å². The van der Waals surface area contributed by atoms with E-state index in [4.69, 9.17) is 38.4 Å². The molecule has 2 aromatic carbocycles. The number of nitrogens with two attached hydrogens (primary N) is 1. The Morgan fingerprint density at radius 2 is 1.54 bits per heavy atom. The summed E-state index contributed by atoms with van der Waals surface area (Å²) < 4.78 is 62.2. The van der Waals surface area contributed by atoms with Gasteiger partial charge in [0.05, 0.1) is 11.3 Å². The summed E-state index contributed by atoms with van der Waals surface area (Å²) in [5, 5.41) is -0.836. The van der Waals surface area contributed by atoms with E-state index in [9.17, 15) is 27.2 Å². The summed E-state index contributed by atoms with van der Waals surface area (Å²) in [6, 6.07) is 11.9. The third-order valence-corrected chi connectivity index (χ3v) is 5.17. The minimum absolute atomic E-state index is 0.115. The lowest BCUT2D eigenvalue weighted by atomic mass is 10.1. The van der Waals surface area contributed by atoms with Crippen molar-refractivity contribution in [3.63, 3.8) is 0 Å². The molecule has 0 aliphatic carbocycles. The van der Waals surface area contributed by atoms with Gasteiger partial charge in [0.2, 0.25) is 11.8 Å². The lowest BCUT2D eigenvalue weighted by Gasteiger charge is -2.23. The van der Waals surface area contributed by atoms with Crippen molar-refractivity contribution >= 4 is 52.1 Å². The minimum Gasteiger partial charge on any atom is -0.464 e. The highest BCUT2D eigenvalue weighted by atomic mass is 35.5. The Kier molecular flexibility index (Phi) is 8.03. The number of pyridine rings is 1. The van der Waals surface area contributed by atoms with E-state index in [2.05, 4.69) is 4.98 Å². The molecule has 7 nitrogen and oxygen atoms in total. The Hall–Kier alpha value is -3.57. The average Bonchev–Trinajstić information content (AvgIpc) is 2.83. The van der Waals surface area contributed by atoms with Crippen LogP contribution in [0.3, 0.4) is 0 Å². The zero-order valence-corrected chi connectivity index (χ0v) is 19.0. The van der Waals surface area contributed by atoms with Gasteiger partial charge in [-0.05, 0) is 36.4 Å². The molecule has 35 heavy (non-hydrogen) atoms. The van der Waals surface area contributed by atoms with Crippen LogP contribution in [0.2, 0.25) is 10.0 Å². The smallest absolute Gasteiger partial charge is 0.416 e. The van der Waals surface area contributed by atoms with E-state index < -0.39 is 53.7 Å². The highest BCUT2D eigenvalue weighted by Gasteiger charge is 2.30. The van der Waals surface area contributed by atoms with E-state index in [1.54, 1.807) is 30.3 Å². The molecule has 0 saturated heterocycles. The second kappa shape index (κ2) is 10.8. The lowest BCUT2D eigenvalue weighted by Crippen LogP contribution is -2.31. The monoisotopic (exact) mass is 531 g/mol. The number of hydrogen-bond donors (Lipinski definition) is 1. The van der Waals surface area contributed by atoms with Gasteiger partial charge in [0.15, 0.2) is 13.2 Å². The Morgan fingerprint density at radius 3 is 2.14 bits per heavy atom. The zero-order chi connectivity index (χ0) is 25.8. The van der Waals surface area contributed by atoms with E-state index in [1.165, 1.54) is 0 Å². The Morgan fingerprint density at radius 1 is 0.943 bits per heavy atom. The van der Waals surface area contributed by atoms with Crippen LogP contribution in [0.15, 0.2) is 54.6 Å². The van der Waals surface area contributed by atoms with Crippen LogP contribution in [0.4, 0.5) is 34.6 Å². The van der Waals surface area contributed by atoms with Crippen molar-refractivity contribution in [3.05, 3.63) is 76.2 Å². The van der Waals surface area contributed by atoms with Crippen molar-refractivity contribution in [1.82, 2.24) is 4.98 Å². The fourth-order valence-corrected chi connectivity index (χ4v) is 3.17. The van der Waals surface area contributed by atoms with Crippen molar-refractivity contribution in [1.29, 1.82) is 0 Å². The molecule has 13 heteroatoms. The molecule has 184 valence electrons. The number of nitrogen functional groups attached to an aromatic ring is 1. The van der Waals surface area contributed by atoms with Gasteiger partial charge < -0.3 is 15.2 Å². The van der Waals surface area contributed by atoms with Crippen LogP contribution in [0.1, 0.15) is 5.56 Å². The molecule has 0 saturated carbocycles. The molecule has 0 aliphatic rings. The second-order valence-corrected chi connectivity index (χ2v) is 7.56. The number of amides is 1. The normalized spacial score (nSPS) is 11.1. The first kappa shape index (κ1) is 26.0. The molecule has 1 heterocycles. The van der Waals surface area contributed by atoms with Crippen molar-refractivity contribution in [2.75, 3.05) is 23.8 Å². The fourth-order valence-electron chi connectivity index (χ4n) is 2.79. The van der Waals surface area contributed by atoms with Crippen LogP contribution >= 0.6 is 23.2 Å². The highest BCUT2D eigenvalue weighted by Crippen LogP contribution is 2.35. The number of hydrogen-bond acceptors (Lipinski definition) is 6. The maximum absolute atomic E-state index is 13.6. The van der Waals surface area contributed by atoms with Gasteiger partial charge in [-0.1, -0.05) is 41.4 Å². The number of nitrogens with zero attached hydrogens (tertiary/aromatic N) is 2. The first-order chi connectivity index (χ1) is 16.5. The van der Waals surface area contributed by atoms with Crippen LogP contribution in [-0.2, 0) is 20.5 Å². The van der Waals surface area contributed by atoms with Crippen LogP contribution in [0.25, 0.3) is 0 Å². The molecular formula is C22H15Cl2F4N3O4. The molecule has 0 aliphatic heterocycles. The number of halogens is 6. The second-order valence-electron chi connectivity index (χ2n) is 6.81.